The van der Waals surface area contributed by atoms with E-state index in [-0.39, 0.29) is 0 Å². The molecule has 94 valence electrons. The lowest BCUT2D eigenvalue weighted by Crippen LogP contribution is -2.38. The highest BCUT2D eigenvalue weighted by Crippen LogP contribution is 2.28. The van der Waals surface area contributed by atoms with Gasteiger partial charge in [0.25, 0.3) is 0 Å². The van der Waals surface area contributed by atoms with Crippen LogP contribution >= 0.6 is 0 Å². The van der Waals surface area contributed by atoms with Crippen molar-refractivity contribution in [2.45, 2.75) is 70.4 Å². The van der Waals surface area contributed by atoms with E-state index in [0.29, 0.717) is 12.1 Å². The van der Waals surface area contributed by atoms with E-state index in [1.807, 2.05) is 0 Å². The number of nitrogens with one attached hydrogen (secondary N) is 1. The summed E-state index contributed by atoms with van der Waals surface area (Å²) in [5.74, 6) is 0.868. The second kappa shape index (κ2) is 6.61. The molecule has 2 aliphatic carbocycles. The van der Waals surface area contributed by atoms with Crippen LogP contribution in [0.25, 0.3) is 0 Å². The van der Waals surface area contributed by atoms with Crippen molar-refractivity contribution in [1.82, 2.24) is 5.32 Å². The van der Waals surface area contributed by atoms with Gasteiger partial charge in [0, 0.05) is 12.6 Å². The van der Waals surface area contributed by atoms with Crippen molar-refractivity contribution in [2.24, 2.45) is 5.92 Å². The molecular formula is C14H27NO. The molecule has 0 aliphatic heterocycles. The fraction of sp³-hybridized carbons (Fsp3) is 1.00. The highest BCUT2D eigenvalue weighted by atomic mass is 16.5. The van der Waals surface area contributed by atoms with Crippen LogP contribution in [0.4, 0.5) is 0 Å². The van der Waals surface area contributed by atoms with Gasteiger partial charge in [-0.15, -0.1) is 0 Å². The van der Waals surface area contributed by atoms with Crippen LogP contribution in [0, 0.1) is 5.92 Å². The summed E-state index contributed by atoms with van der Waals surface area (Å²) in [5.41, 5.74) is 0. The van der Waals surface area contributed by atoms with Gasteiger partial charge < -0.3 is 10.1 Å². The minimum atomic E-state index is 0.507. The maximum atomic E-state index is 6.13. The van der Waals surface area contributed by atoms with Crippen molar-refractivity contribution in [2.75, 3.05) is 13.2 Å². The Labute approximate surface area is 100 Å². The summed E-state index contributed by atoms with van der Waals surface area (Å²) < 4.78 is 6.13. The minimum Gasteiger partial charge on any atom is -0.376 e. The second-order valence-electron chi connectivity index (χ2n) is 5.51. The summed E-state index contributed by atoms with van der Waals surface area (Å²) >= 11 is 0. The highest BCUT2D eigenvalue weighted by molar-refractivity contribution is 4.84. The topological polar surface area (TPSA) is 21.3 Å². The van der Waals surface area contributed by atoms with E-state index in [1.165, 1.54) is 51.4 Å². The first-order valence-corrected chi connectivity index (χ1v) is 7.25. The van der Waals surface area contributed by atoms with Gasteiger partial charge >= 0.3 is 0 Å². The van der Waals surface area contributed by atoms with Gasteiger partial charge in [-0.1, -0.05) is 19.8 Å². The number of rotatable bonds is 6. The van der Waals surface area contributed by atoms with Crippen molar-refractivity contribution in [1.29, 1.82) is 0 Å². The SMILES string of the molecule is CCCNC1CCCC1OCC1CCCC1. The maximum Gasteiger partial charge on any atom is 0.0728 e. The molecule has 0 amide bonds. The zero-order valence-corrected chi connectivity index (χ0v) is 10.7. The Kier molecular flexibility index (Phi) is 5.11. The summed E-state index contributed by atoms with van der Waals surface area (Å²) in [6.45, 7) is 4.40. The molecular weight excluding hydrogens is 198 g/mol. The Morgan fingerprint density at radius 1 is 1.06 bits per heavy atom. The molecule has 2 saturated carbocycles. The van der Waals surface area contributed by atoms with Crippen LogP contribution in [0.15, 0.2) is 0 Å². The average molecular weight is 225 g/mol. The first-order valence-electron chi connectivity index (χ1n) is 7.25. The molecule has 2 atom stereocenters. The molecule has 2 nitrogen and oxygen atoms in total. The Balaban J connectivity index is 1.66. The molecule has 2 fully saturated rings. The van der Waals surface area contributed by atoms with Gasteiger partial charge in [-0.2, -0.15) is 0 Å². The van der Waals surface area contributed by atoms with Crippen molar-refractivity contribution >= 4 is 0 Å². The lowest BCUT2D eigenvalue weighted by Gasteiger charge is -2.23. The van der Waals surface area contributed by atoms with Crippen LogP contribution in [0.3, 0.4) is 0 Å². The first kappa shape index (κ1) is 12.4. The van der Waals surface area contributed by atoms with Crippen LogP contribution in [0.1, 0.15) is 58.3 Å². The second-order valence-corrected chi connectivity index (χ2v) is 5.51. The van der Waals surface area contributed by atoms with Gasteiger partial charge in [0.05, 0.1) is 6.10 Å². The summed E-state index contributed by atoms with van der Waals surface area (Å²) in [7, 11) is 0. The van der Waals surface area contributed by atoms with Gasteiger partial charge in [0.2, 0.25) is 0 Å². The van der Waals surface area contributed by atoms with Crippen LogP contribution in [-0.2, 0) is 4.74 Å². The van der Waals surface area contributed by atoms with Crippen LogP contribution in [0.5, 0.6) is 0 Å². The van der Waals surface area contributed by atoms with E-state index in [4.69, 9.17) is 4.74 Å². The smallest absolute Gasteiger partial charge is 0.0728 e. The van der Waals surface area contributed by atoms with Gasteiger partial charge in [0.1, 0.15) is 0 Å². The first-order chi connectivity index (χ1) is 7.90. The fourth-order valence-corrected chi connectivity index (χ4v) is 3.13. The van der Waals surface area contributed by atoms with E-state index >= 15 is 0 Å². The molecule has 0 aromatic carbocycles. The summed E-state index contributed by atoms with van der Waals surface area (Å²) in [5, 5.41) is 3.63. The monoisotopic (exact) mass is 225 g/mol. The van der Waals surface area contributed by atoms with E-state index in [9.17, 15) is 0 Å². The normalized spacial score (nSPS) is 31.3. The molecule has 0 saturated heterocycles. The zero-order chi connectivity index (χ0) is 11.2. The highest BCUT2D eigenvalue weighted by Gasteiger charge is 2.28. The van der Waals surface area contributed by atoms with Crippen molar-refractivity contribution in [3.8, 4) is 0 Å². The van der Waals surface area contributed by atoms with Crippen molar-refractivity contribution in [3.05, 3.63) is 0 Å². The molecule has 1 N–H and O–H groups in total. The van der Waals surface area contributed by atoms with Gasteiger partial charge in [-0.25, -0.2) is 0 Å². The molecule has 2 unspecified atom stereocenters. The molecule has 0 aromatic rings. The third kappa shape index (κ3) is 3.46. The number of ether oxygens (including phenoxy) is 1. The maximum absolute atomic E-state index is 6.13. The quantitative estimate of drug-likeness (QED) is 0.750. The molecule has 2 heteroatoms. The fourth-order valence-electron chi connectivity index (χ4n) is 3.13. The third-order valence-corrected chi connectivity index (χ3v) is 4.13. The number of hydrogen-bond acceptors (Lipinski definition) is 2. The van der Waals surface area contributed by atoms with Crippen molar-refractivity contribution in [3.63, 3.8) is 0 Å². The van der Waals surface area contributed by atoms with Crippen molar-refractivity contribution < 1.29 is 4.74 Å². The lowest BCUT2D eigenvalue weighted by atomic mass is 10.1. The lowest BCUT2D eigenvalue weighted by molar-refractivity contribution is 0.0191. The van der Waals surface area contributed by atoms with E-state index in [2.05, 4.69) is 12.2 Å². The molecule has 0 heterocycles. The van der Waals surface area contributed by atoms with Gasteiger partial charge in [0.15, 0.2) is 0 Å². The minimum absolute atomic E-state index is 0.507. The number of hydrogen-bond donors (Lipinski definition) is 1. The molecule has 0 bridgehead atoms. The Hall–Kier alpha value is -0.0800. The largest absolute Gasteiger partial charge is 0.376 e. The summed E-state index contributed by atoms with van der Waals surface area (Å²) in [6, 6.07) is 0.640. The molecule has 2 rings (SSSR count). The van der Waals surface area contributed by atoms with E-state index in [0.717, 1.165) is 19.1 Å². The molecule has 0 spiro atoms. The van der Waals surface area contributed by atoms with E-state index < -0.39 is 0 Å². The Morgan fingerprint density at radius 3 is 2.62 bits per heavy atom. The zero-order valence-electron chi connectivity index (χ0n) is 10.7. The molecule has 0 aromatic heterocycles. The predicted molar refractivity (Wildman–Crippen MR) is 67.6 cm³/mol. The molecule has 2 aliphatic rings. The van der Waals surface area contributed by atoms with Crippen LogP contribution in [0.2, 0.25) is 0 Å². The summed E-state index contributed by atoms with van der Waals surface area (Å²) in [6.07, 6.45) is 11.3. The van der Waals surface area contributed by atoms with Crippen LogP contribution in [-0.4, -0.2) is 25.3 Å². The standard InChI is InChI=1S/C14H27NO/c1-2-10-15-13-8-5-9-14(13)16-11-12-6-3-4-7-12/h12-15H,2-11H2,1H3. The van der Waals surface area contributed by atoms with Crippen LogP contribution < -0.4 is 5.32 Å². The predicted octanol–water partition coefficient (Wildman–Crippen LogP) is 3.11. The Morgan fingerprint density at radius 2 is 1.88 bits per heavy atom. The molecule has 0 radical (unpaired) electrons. The molecule has 16 heavy (non-hydrogen) atoms. The Bertz CT molecular complexity index is 189. The third-order valence-electron chi connectivity index (χ3n) is 4.13. The van der Waals surface area contributed by atoms with Gasteiger partial charge in [-0.05, 0) is 51.0 Å². The average Bonchev–Trinajstić information content (AvgIpc) is 2.94. The van der Waals surface area contributed by atoms with Gasteiger partial charge in [-0.3, -0.25) is 0 Å². The van der Waals surface area contributed by atoms with E-state index in [1.54, 1.807) is 0 Å². The summed E-state index contributed by atoms with van der Waals surface area (Å²) in [4.78, 5) is 0.